The van der Waals surface area contributed by atoms with Gasteiger partial charge in [0, 0.05) is 13.1 Å². The van der Waals surface area contributed by atoms with Gasteiger partial charge in [-0.25, -0.2) is 4.73 Å². The number of benzene rings is 1. The highest BCUT2D eigenvalue weighted by Gasteiger charge is 2.18. The number of nitrogens with zero attached hydrogens (tertiary/aromatic N) is 3. The zero-order valence-corrected chi connectivity index (χ0v) is 12.5. The zero-order chi connectivity index (χ0) is 15.4. The number of nitrogens with two attached hydrogens (primary N) is 1. The lowest BCUT2D eigenvalue weighted by molar-refractivity contribution is -0.577. The first-order valence-corrected chi connectivity index (χ1v) is 7.67. The predicted molar refractivity (Wildman–Crippen MR) is 87.4 cm³/mol. The second-order valence-corrected chi connectivity index (χ2v) is 5.54. The van der Waals surface area contributed by atoms with Gasteiger partial charge in [0.15, 0.2) is 11.6 Å². The molecule has 0 radical (unpaired) electrons. The summed E-state index contributed by atoms with van der Waals surface area (Å²) in [5, 5.41) is 15.2. The molecular weight excluding hydrogens is 278 g/mol. The summed E-state index contributed by atoms with van der Waals surface area (Å²) in [5.41, 5.74) is 6.88. The molecule has 2 heterocycles. The average Bonchev–Trinajstić information content (AvgIpc) is 2.58. The van der Waals surface area contributed by atoms with E-state index in [9.17, 15) is 5.21 Å². The molecule has 1 aliphatic heterocycles. The summed E-state index contributed by atoms with van der Waals surface area (Å²) in [5.74, 6) is 1.20. The molecule has 6 nitrogen and oxygen atoms in total. The lowest BCUT2D eigenvalue weighted by Crippen LogP contribution is -2.38. The van der Waals surface area contributed by atoms with Crippen LogP contribution in [-0.4, -0.2) is 18.1 Å². The molecule has 1 fully saturated rings. The van der Waals surface area contributed by atoms with Gasteiger partial charge in [-0.05, 0) is 24.8 Å². The van der Waals surface area contributed by atoms with Crippen LogP contribution in [0.15, 0.2) is 36.4 Å². The zero-order valence-electron chi connectivity index (χ0n) is 12.5. The van der Waals surface area contributed by atoms with Gasteiger partial charge in [0.2, 0.25) is 0 Å². The smallest absolute Gasteiger partial charge is 0.346 e. The van der Waals surface area contributed by atoms with Gasteiger partial charge in [-0.15, -0.1) is 0 Å². The Balaban J connectivity index is 1.78. The summed E-state index contributed by atoms with van der Waals surface area (Å²) >= 11 is 0. The Labute approximate surface area is 130 Å². The van der Waals surface area contributed by atoms with Crippen molar-refractivity contribution >= 4 is 17.6 Å². The summed E-state index contributed by atoms with van der Waals surface area (Å²) in [6.07, 6.45) is 3.56. The Hall–Kier alpha value is -2.50. The van der Waals surface area contributed by atoms with Crippen LogP contribution in [0.2, 0.25) is 0 Å². The van der Waals surface area contributed by atoms with Gasteiger partial charge < -0.3 is 21.2 Å². The lowest BCUT2D eigenvalue weighted by Gasteiger charge is -2.27. The summed E-state index contributed by atoms with van der Waals surface area (Å²) in [6.45, 7) is 2.51. The van der Waals surface area contributed by atoms with Crippen molar-refractivity contribution in [2.24, 2.45) is 0 Å². The summed E-state index contributed by atoms with van der Waals surface area (Å²) < 4.78 is 0.649. The maximum Gasteiger partial charge on any atom is 0.346 e. The molecular formula is C16H21N5O. The lowest BCUT2D eigenvalue weighted by atomic mass is 10.1. The Morgan fingerprint density at radius 3 is 2.64 bits per heavy atom. The van der Waals surface area contributed by atoms with E-state index in [0.29, 0.717) is 17.1 Å². The summed E-state index contributed by atoms with van der Waals surface area (Å²) in [7, 11) is 0. The van der Waals surface area contributed by atoms with Gasteiger partial charge in [-0.2, -0.15) is 0 Å². The number of anilines is 3. The second-order valence-electron chi connectivity index (χ2n) is 5.54. The van der Waals surface area contributed by atoms with Crippen LogP contribution in [0, 0.1) is 5.21 Å². The number of hydrogen-bond donors (Lipinski definition) is 2. The minimum absolute atomic E-state index is 0.0152. The molecule has 2 aromatic rings. The Morgan fingerprint density at radius 1 is 1.18 bits per heavy atom. The van der Waals surface area contributed by atoms with E-state index in [-0.39, 0.29) is 5.95 Å². The molecule has 116 valence electrons. The van der Waals surface area contributed by atoms with E-state index in [2.05, 4.69) is 15.2 Å². The highest BCUT2D eigenvalue weighted by Crippen LogP contribution is 2.20. The number of aromatic nitrogens is 2. The van der Waals surface area contributed by atoms with Crippen molar-refractivity contribution in [3.63, 3.8) is 0 Å². The fraction of sp³-hybridized carbons (Fsp3) is 0.375. The van der Waals surface area contributed by atoms with Crippen LogP contribution in [0.25, 0.3) is 0 Å². The van der Waals surface area contributed by atoms with Crippen molar-refractivity contribution in [3.05, 3.63) is 47.2 Å². The van der Waals surface area contributed by atoms with Crippen LogP contribution in [0.5, 0.6) is 0 Å². The molecule has 0 unspecified atom stereocenters. The maximum atomic E-state index is 12.1. The first-order chi connectivity index (χ1) is 10.7. The molecule has 0 spiro atoms. The fourth-order valence-corrected chi connectivity index (χ4v) is 2.70. The number of nitrogens with one attached hydrogen (secondary N) is 1. The molecule has 1 aliphatic rings. The standard InChI is InChI=1S/C16H21N5O/c17-16-19-15(20-9-5-2-6-10-20)11-14(21(16)22)18-12-13-7-3-1-4-8-13/h1,3-4,7-8,11,18H,2,5-6,9-10,12H2,(H2,17,19). The monoisotopic (exact) mass is 299 g/mol. The number of hydrogen-bond acceptors (Lipinski definition) is 5. The molecule has 3 rings (SSSR count). The van der Waals surface area contributed by atoms with Crippen molar-refractivity contribution in [1.29, 1.82) is 0 Å². The van der Waals surface area contributed by atoms with E-state index in [1.165, 1.54) is 6.42 Å². The van der Waals surface area contributed by atoms with Crippen molar-refractivity contribution in [3.8, 4) is 0 Å². The first-order valence-electron chi connectivity index (χ1n) is 7.67. The topological polar surface area (TPSA) is 81.1 Å². The van der Waals surface area contributed by atoms with Gasteiger partial charge >= 0.3 is 5.95 Å². The molecule has 0 aliphatic carbocycles. The SMILES string of the molecule is Nc1nc(N2CCCCC2)cc(NCc2ccccc2)[n+]1[O-]. The number of nitrogen functional groups attached to an aromatic ring is 1. The highest BCUT2D eigenvalue weighted by molar-refractivity contribution is 5.49. The normalized spacial score (nSPS) is 14.8. The predicted octanol–water partition coefficient (Wildman–Crippen LogP) is 1.90. The first kappa shape index (κ1) is 14.4. The van der Waals surface area contributed by atoms with E-state index in [1.807, 2.05) is 30.3 Å². The minimum atomic E-state index is -0.0152. The fourth-order valence-electron chi connectivity index (χ4n) is 2.70. The van der Waals surface area contributed by atoms with E-state index < -0.39 is 0 Å². The van der Waals surface area contributed by atoms with E-state index in [1.54, 1.807) is 6.07 Å². The van der Waals surface area contributed by atoms with Crippen LogP contribution in [0.1, 0.15) is 24.8 Å². The molecule has 0 atom stereocenters. The second kappa shape index (κ2) is 6.51. The third-order valence-corrected chi connectivity index (χ3v) is 3.92. The minimum Gasteiger partial charge on any atom is -0.754 e. The molecule has 0 saturated carbocycles. The molecule has 1 aromatic heterocycles. The third-order valence-electron chi connectivity index (χ3n) is 3.92. The molecule has 0 amide bonds. The van der Waals surface area contributed by atoms with Crippen molar-refractivity contribution in [1.82, 2.24) is 4.98 Å². The molecule has 6 heteroatoms. The molecule has 22 heavy (non-hydrogen) atoms. The largest absolute Gasteiger partial charge is 0.754 e. The Bertz CT molecular complexity index is 626. The van der Waals surface area contributed by atoms with Crippen molar-refractivity contribution < 1.29 is 4.73 Å². The molecule has 0 bridgehead atoms. The maximum absolute atomic E-state index is 12.1. The van der Waals surface area contributed by atoms with Crippen LogP contribution in [0.3, 0.4) is 0 Å². The van der Waals surface area contributed by atoms with Crippen LogP contribution in [-0.2, 0) is 6.54 Å². The van der Waals surface area contributed by atoms with Gasteiger partial charge in [0.1, 0.15) is 0 Å². The van der Waals surface area contributed by atoms with Crippen molar-refractivity contribution in [2.75, 3.05) is 29.0 Å². The van der Waals surface area contributed by atoms with E-state index in [4.69, 9.17) is 5.73 Å². The van der Waals surface area contributed by atoms with Gasteiger partial charge in [-0.3, -0.25) is 0 Å². The van der Waals surface area contributed by atoms with Gasteiger partial charge in [0.05, 0.1) is 12.6 Å². The van der Waals surface area contributed by atoms with Crippen LogP contribution < -0.4 is 20.7 Å². The number of rotatable bonds is 4. The van der Waals surface area contributed by atoms with Gasteiger partial charge in [-0.1, -0.05) is 35.3 Å². The van der Waals surface area contributed by atoms with Crippen molar-refractivity contribution in [2.45, 2.75) is 25.8 Å². The quantitative estimate of drug-likeness (QED) is 0.665. The van der Waals surface area contributed by atoms with Crippen LogP contribution in [0.4, 0.5) is 17.6 Å². The molecule has 1 saturated heterocycles. The van der Waals surface area contributed by atoms with E-state index in [0.717, 1.165) is 37.3 Å². The number of piperidine rings is 1. The van der Waals surface area contributed by atoms with Gasteiger partial charge in [0.25, 0.3) is 0 Å². The summed E-state index contributed by atoms with van der Waals surface area (Å²) in [4.78, 5) is 6.41. The summed E-state index contributed by atoms with van der Waals surface area (Å²) in [6, 6.07) is 11.7. The Morgan fingerprint density at radius 2 is 1.91 bits per heavy atom. The highest BCUT2D eigenvalue weighted by atomic mass is 16.5. The third kappa shape index (κ3) is 3.21. The average molecular weight is 299 g/mol. The van der Waals surface area contributed by atoms with E-state index >= 15 is 0 Å². The molecule has 3 N–H and O–H groups in total. The van der Waals surface area contributed by atoms with Crippen LogP contribution >= 0.6 is 0 Å². The Kier molecular flexibility index (Phi) is 4.27. The molecule has 1 aromatic carbocycles.